The van der Waals surface area contributed by atoms with Gasteiger partial charge in [0.15, 0.2) is 5.79 Å². The standard InChI is InChI=1S/C16H25N3O6/c1-2-23-15(22)19-9-7-18(8-10-19)14(21)13(20)17-5-3-16(4-6-17)24-11-12-25-16/h2-12H2,1H3. The number of likely N-dealkylation sites (tertiary alicyclic amines) is 1. The van der Waals surface area contributed by atoms with Gasteiger partial charge in [0.05, 0.1) is 19.8 Å². The van der Waals surface area contributed by atoms with Gasteiger partial charge in [0.2, 0.25) is 0 Å². The Hall–Kier alpha value is -1.87. The third kappa shape index (κ3) is 3.87. The van der Waals surface area contributed by atoms with Crippen molar-refractivity contribution in [2.24, 2.45) is 0 Å². The van der Waals surface area contributed by atoms with Crippen molar-refractivity contribution in [2.75, 3.05) is 59.1 Å². The van der Waals surface area contributed by atoms with Gasteiger partial charge in [0.1, 0.15) is 0 Å². The van der Waals surface area contributed by atoms with Crippen LogP contribution in [0.1, 0.15) is 19.8 Å². The minimum absolute atomic E-state index is 0.320. The number of hydrogen-bond donors (Lipinski definition) is 0. The molecule has 3 amide bonds. The SMILES string of the molecule is CCOC(=O)N1CCN(C(=O)C(=O)N2CCC3(CC2)OCCO3)CC1. The number of ether oxygens (including phenoxy) is 3. The second-order valence-electron chi connectivity index (χ2n) is 6.38. The molecular weight excluding hydrogens is 330 g/mol. The highest BCUT2D eigenvalue weighted by molar-refractivity contribution is 6.34. The van der Waals surface area contributed by atoms with E-state index in [0.717, 1.165) is 0 Å². The van der Waals surface area contributed by atoms with Gasteiger partial charge in [-0.1, -0.05) is 0 Å². The average Bonchev–Trinajstić information content (AvgIpc) is 3.09. The largest absolute Gasteiger partial charge is 0.450 e. The van der Waals surface area contributed by atoms with Crippen LogP contribution in [0, 0.1) is 0 Å². The van der Waals surface area contributed by atoms with E-state index < -0.39 is 17.6 Å². The van der Waals surface area contributed by atoms with Crippen LogP contribution in [0.5, 0.6) is 0 Å². The van der Waals surface area contributed by atoms with Gasteiger partial charge in [-0.15, -0.1) is 0 Å². The highest BCUT2D eigenvalue weighted by Gasteiger charge is 2.42. The van der Waals surface area contributed by atoms with E-state index in [-0.39, 0.29) is 6.09 Å². The molecule has 0 aromatic heterocycles. The Morgan fingerprint density at radius 3 is 1.84 bits per heavy atom. The maximum absolute atomic E-state index is 12.5. The van der Waals surface area contributed by atoms with Crippen molar-refractivity contribution in [3.63, 3.8) is 0 Å². The summed E-state index contributed by atoms with van der Waals surface area (Å²) in [5.74, 6) is -1.56. The number of piperidine rings is 1. The molecule has 3 aliphatic rings. The maximum atomic E-state index is 12.5. The fraction of sp³-hybridized carbons (Fsp3) is 0.812. The van der Waals surface area contributed by atoms with Crippen molar-refractivity contribution in [3.8, 4) is 0 Å². The smallest absolute Gasteiger partial charge is 0.409 e. The summed E-state index contributed by atoms with van der Waals surface area (Å²) in [5, 5.41) is 0. The lowest BCUT2D eigenvalue weighted by Crippen LogP contribution is -2.56. The first-order valence-corrected chi connectivity index (χ1v) is 8.82. The molecule has 0 saturated carbocycles. The lowest BCUT2D eigenvalue weighted by Gasteiger charge is -2.38. The summed E-state index contributed by atoms with van der Waals surface area (Å²) in [6, 6.07) is 0. The molecule has 9 nitrogen and oxygen atoms in total. The molecule has 3 aliphatic heterocycles. The number of carbonyl (C=O) groups is 3. The lowest BCUT2D eigenvalue weighted by atomic mass is 10.0. The molecule has 25 heavy (non-hydrogen) atoms. The van der Waals surface area contributed by atoms with Crippen molar-refractivity contribution in [1.82, 2.24) is 14.7 Å². The zero-order valence-electron chi connectivity index (χ0n) is 14.6. The minimum atomic E-state index is -0.564. The zero-order valence-corrected chi connectivity index (χ0v) is 14.6. The molecule has 140 valence electrons. The first kappa shape index (κ1) is 17.9. The predicted molar refractivity (Wildman–Crippen MR) is 85.6 cm³/mol. The molecule has 0 radical (unpaired) electrons. The molecule has 0 aliphatic carbocycles. The molecule has 3 heterocycles. The van der Waals surface area contributed by atoms with Crippen LogP contribution in [0.4, 0.5) is 4.79 Å². The van der Waals surface area contributed by atoms with Gasteiger partial charge in [-0.25, -0.2) is 4.79 Å². The molecule has 9 heteroatoms. The third-order valence-corrected chi connectivity index (χ3v) is 4.90. The highest BCUT2D eigenvalue weighted by atomic mass is 16.7. The first-order valence-electron chi connectivity index (χ1n) is 8.82. The molecule has 0 aromatic rings. The minimum Gasteiger partial charge on any atom is -0.450 e. The first-order chi connectivity index (χ1) is 12.0. The van der Waals surface area contributed by atoms with Crippen molar-refractivity contribution in [2.45, 2.75) is 25.6 Å². The molecule has 3 saturated heterocycles. The van der Waals surface area contributed by atoms with E-state index in [1.54, 1.807) is 16.7 Å². The zero-order chi connectivity index (χ0) is 17.9. The van der Waals surface area contributed by atoms with Gasteiger partial charge in [-0.05, 0) is 6.92 Å². The van der Waals surface area contributed by atoms with Gasteiger partial charge >= 0.3 is 17.9 Å². The van der Waals surface area contributed by atoms with Crippen molar-refractivity contribution in [1.29, 1.82) is 0 Å². The van der Waals surface area contributed by atoms with E-state index in [4.69, 9.17) is 14.2 Å². The Kier molecular flexibility index (Phi) is 5.43. The normalized spacial score (nSPS) is 23.0. The monoisotopic (exact) mass is 355 g/mol. The number of piperazine rings is 1. The number of hydrogen-bond acceptors (Lipinski definition) is 6. The van der Waals surface area contributed by atoms with Crippen LogP contribution >= 0.6 is 0 Å². The van der Waals surface area contributed by atoms with Crippen LogP contribution in [0.25, 0.3) is 0 Å². The fourth-order valence-electron chi connectivity index (χ4n) is 3.41. The molecule has 0 aromatic carbocycles. The van der Waals surface area contributed by atoms with Crippen molar-refractivity contribution < 1.29 is 28.6 Å². The lowest BCUT2D eigenvalue weighted by molar-refractivity contribution is -0.188. The van der Waals surface area contributed by atoms with E-state index >= 15 is 0 Å². The van der Waals surface area contributed by atoms with Crippen LogP contribution < -0.4 is 0 Å². The van der Waals surface area contributed by atoms with Gasteiger partial charge in [-0.2, -0.15) is 0 Å². The quantitative estimate of drug-likeness (QED) is 0.598. The second-order valence-corrected chi connectivity index (χ2v) is 6.38. The topological polar surface area (TPSA) is 88.6 Å². The number of carbonyl (C=O) groups excluding carboxylic acids is 3. The van der Waals surface area contributed by atoms with E-state index in [0.29, 0.717) is 71.9 Å². The summed E-state index contributed by atoms with van der Waals surface area (Å²) < 4.78 is 16.2. The summed E-state index contributed by atoms with van der Waals surface area (Å²) in [4.78, 5) is 41.2. The Morgan fingerprint density at radius 1 is 0.840 bits per heavy atom. The highest BCUT2D eigenvalue weighted by Crippen LogP contribution is 2.31. The van der Waals surface area contributed by atoms with Crippen LogP contribution in [0.15, 0.2) is 0 Å². The predicted octanol–water partition coefficient (Wildman–Crippen LogP) is -0.347. The summed E-state index contributed by atoms with van der Waals surface area (Å²) in [6.07, 6.45) is 0.796. The van der Waals surface area contributed by atoms with Gasteiger partial charge in [0, 0.05) is 52.1 Å². The van der Waals surface area contributed by atoms with Crippen LogP contribution in [-0.4, -0.2) is 97.5 Å². The Morgan fingerprint density at radius 2 is 1.32 bits per heavy atom. The molecule has 0 atom stereocenters. The fourth-order valence-corrected chi connectivity index (χ4v) is 3.41. The average molecular weight is 355 g/mol. The Bertz CT molecular complexity index is 516. The van der Waals surface area contributed by atoms with Crippen molar-refractivity contribution >= 4 is 17.9 Å². The van der Waals surface area contributed by atoms with Gasteiger partial charge in [-0.3, -0.25) is 9.59 Å². The number of amides is 3. The van der Waals surface area contributed by atoms with Crippen LogP contribution in [0.2, 0.25) is 0 Å². The van der Waals surface area contributed by atoms with Crippen LogP contribution in [0.3, 0.4) is 0 Å². The van der Waals surface area contributed by atoms with Crippen molar-refractivity contribution in [3.05, 3.63) is 0 Å². The Labute approximate surface area is 146 Å². The molecule has 1 spiro atoms. The maximum Gasteiger partial charge on any atom is 0.409 e. The molecule has 0 bridgehead atoms. The number of rotatable bonds is 1. The van der Waals surface area contributed by atoms with E-state index in [1.807, 2.05) is 0 Å². The number of nitrogens with zero attached hydrogens (tertiary/aromatic N) is 3. The third-order valence-electron chi connectivity index (χ3n) is 4.90. The van der Waals surface area contributed by atoms with E-state index in [2.05, 4.69) is 0 Å². The summed E-state index contributed by atoms with van der Waals surface area (Å²) in [6.45, 7) is 5.57. The van der Waals surface area contributed by atoms with Gasteiger partial charge < -0.3 is 28.9 Å². The van der Waals surface area contributed by atoms with E-state index in [9.17, 15) is 14.4 Å². The molecule has 3 fully saturated rings. The molecule has 3 rings (SSSR count). The summed E-state index contributed by atoms with van der Waals surface area (Å²) >= 11 is 0. The second kappa shape index (κ2) is 7.57. The molecule has 0 N–H and O–H groups in total. The molecule has 0 unspecified atom stereocenters. The van der Waals surface area contributed by atoms with Gasteiger partial charge in [0.25, 0.3) is 0 Å². The van der Waals surface area contributed by atoms with E-state index in [1.165, 1.54) is 4.90 Å². The summed E-state index contributed by atoms with van der Waals surface area (Å²) in [5.41, 5.74) is 0. The summed E-state index contributed by atoms with van der Waals surface area (Å²) in [7, 11) is 0. The molecular formula is C16H25N3O6. The Balaban J connectivity index is 1.47. The van der Waals surface area contributed by atoms with Crippen LogP contribution in [-0.2, 0) is 23.8 Å².